The second-order valence-electron chi connectivity index (χ2n) is 5.56. The molecule has 0 bridgehead atoms. The molecule has 2 saturated heterocycles. The van der Waals surface area contributed by atoms with Gasteiger partial charge in [0.05, 0.1) is 0 Å². The van der Waals surface area contributed by atoms with Crippen LogP contribution >= 0.6 is 0 Å². The Morgan fingerprint density at radius 2 is 1.72 bits per heavy atom. The van der Waals surface area contributed by atoms with Crippen LogP contribution in [0.5, 0.6) is 0 Å². The Hall–Kier alpha value is -0.900. The molecule has 2 fully saturated rings. The van der Waals surface area contributed by atoms with Gasteiger partial charge in [-0.2, -0.15) is 0 Å². The molecule has 1 aromatic rings. The molecule has 18 heavy (non-hydrogen) atoms. The third-order valence-corrected chi connectivity index (χ3v) is 4.36. The predicted molar refractivity (Wildman–Crippen MR) is 74.9 cm³/mol. The SMILES string of the molecule is CN1CCNCC1c1ccc(C2CCNC2)cc1. The molecule has 2 N–H and O–H groups in total. The van der Waals surface area contributed by atoms with Gasteiger partial charge in [0, 0.05) is 32.2 Å². The molecule has 0 radical (unpaired) electrons. The van der Waals surface area contributed by atoms with Gasteiger partial charge < -0.3 is 10.6 Å². The fourth-order valence-corrected chi connectivity index (χ4v) is 3.11. The predicted octanol–water partition coefficient (Wildman–Crippen LogP) is 1.34. The third-order valence-electron chi connectivity index (χ3n) is 4.36. The molecule has 1 aromatic carbocycles. The summed E-state index contributed by atoms with van der Waals surface area (Å²) in [5.41, 5.74) is 2.94. The molecular formula is C15H23N3. The van der Waals surface area contributed by atoms with Gasteiger partial charge in [-0.25, -0.2) is 0 Å². The van der Waals surface area contributed by atoms with Crippen molar-refractivity contribution in [2.75, 3.05) is 39.8 Å². The lowest BCUT2D eigenvalue weighted by Crippen LogP contribution is -2.43. The van der Waals surface area contributed by atoms with Gasteiger partial charge in [-0.3, -0.25) is 4.90 Å². The molecule has 2 heterocycles. The number of nitrogens with one attached hydrogen (secondary N) is 2. The zero-order valence-electron chi connectivity index (χ0n) is 11.2. The minimum atomic E-state index is 0.537. The minimum Gasteiger partial charge on any atom is -0.316 e. The Kier molecular flexibility index (Phi) is 3.64. The summed E-state index contributed by atoms with van der Waals surface area (Å²) in [4.78, 5) is 2.45. The Balaban J connectivity index is 1.73. The molecule has 0 aliphatic carbocycles. The van der Waals surface area contributed by atoms with Crippen LogP contribution in [0.15, 0.2) is 24.3 Å². The summed E-state index contributed by atoms with van der Waals surface area (Å²) >= 11 is 0. The summed E-state index contributed by atoms with van der Waals surface area (Å²) in [6, 6.07) is 9.84. The fourth-order valence-electron chi connectivity index (χ4n) is 3.11. The van der Waals surface area contributed by atoms with Crippen molar-refractivity contribution in [2.45, 2.75) is 18.4 Å². The van der Waals surface area contributed by atoms with Gasteiger partial charge in [-0.1, -0.05) is 24.3 Å². The maximum atomic E-state index is 3.48. The Labute approximate surface area is 110 Å². The number of likely N-dealkylation sites (N-methyl/N-ethyl adjacent to an activating group) is 1. The number of rotatable bonds is 2. The third kappa shape index (κ3) is 2.44. The van der Waals surface area contributed by atoms with Crippen molar-refractivity contribution in [1.29, 1.82) is 0 Å². The summed E-state index contributed by atoms with van der Waals surface area (Å²) in [7, 11) is 2.22. The van der Waals surface area contributed by atoms with E-state index >= 15 is 0 Å². The molecule has 0 saturated carbocycles. The lowest BCUT2D eigenvalue weighted by Gasteiger charge is -2.33. The van der Waals surface area contributed by atoms with E-state index in [2.05, 4.69) is 46.8 Å². The molecule has 2 unspecified atom stereocenters. The monoisotopic (exact) mass is 245 g/mol. The van der Waals surface area contributed by atoms with E-state index in [9.17, 15) is 0 Å². The van der Waals surface area contributed by atoms with E-state index in [0.717, 1.165) is 32.1 Å². The molecule has 2 atom stereocenters. The van der Waals surface area contributed by atoms with Crippen molar-refractivity contribution in [1.82, 2.24) is 15.5 Å². The molecule has 0 amide bonds. The van der Waals surface area contributed by atoms with Gasteiger partial charge in [-0.15, -0.1) is 0 Å². The number of hydrogen-bond donors (Lipinski definition) is 2. The highest BCUT2D eigenvalue weighted by Crippen LogP contribution is 2.26. The standard InChI is InChI=1S/C15H23N3/c1-18-9-8-17-11-15(18)13-4-2-12(3-5-13)14-6-7-16-10-14/h2-5,14-17H,6-11H2,1H3. The van der Waals surface area contributed by atoms with Crippen LogP contribution < -0.4 is 10.6 Å². The number of nitrogens with zero attached hydrogens (tertiary/aromatic N) is 1. The van der Waals surface area contributed by atoms with Crippen molar-refractivity contribution in [3.8, 4) is 0 Å². The van der Waals surface area contributed by atoms with Crippen LogP contribution in [-0.4, -0.2) is 44.7 Å². The summed E-state index contributed by atoms with van der Waals surface area (Å²) < 4.78 is 0. The molecule has 2 aliphatic rings. The Bertz CT molecular complexity index is 381. The summed E-state index contributed by atoms with van der Waals surface area (Å²) in [6.07, 6.45) is 1.28. The van der Waals surface area contributed by atoms with E-state index < -0.39 is 0 Å². The molecular weight excluding hydrogens is 222 g/mol. The van der Waals surface area contributed by atoms with Crippen LogP contribution in [-0.2, 0) is 0 Å². The van der Waals surface area contributed by atoms with E-state index in [4.69, 9.17) is 0 Å². The first-order chi connectivity index (χ1) is 8.84. The highest BCUT2D eigenvalue weighted by molar-refractivity contribution is 5.28. The second-order valence-corrected chi connectivity index (χ2v) is 5.56. The smallest absolute Gasteiger partial charge is 0.0470 e. The van der Waals surface area contributed by atoms with Crippen molar-refractivity contribution in [3.05, 3.63) is 35.4 Å². The number of hydrogen-bond acceptors (Lipinski definition) is 3. The fraction of sp³-hybridized carbons (Fsp3) is 0.600. The van der Waals surface area contributed by atoms with E-state index in [0.29, 0.717) is 6.04 Å². The topological polar surface area (TPSA) is 27.3 Å². The van der Waals surface area contributed by atoms with Crippen LogP contribution in [0.2, 0.25) is 0 Å². The van der Waals surface area contributed by atoms with Gasteiger partial charge in [0.15, 0.2) is 0 Å². The lowest BCUT2D eigenvalue weighted by atomic mass is 9.95. The molecule has 98 valence electrons. The number of piperazine rings is 1. The maximum absolute atomic E-state index is 3.48. The van der Waals surface area contributed by atoms with Crippen LogP contribution in [0.4, 0.5) is 0 Å². The Morgan fingerprint density at radius 1 is 1.00 bits per heavy atom. The first-order valence-electron chi connectivity index (χ1n) is 7.06. The van der Waals surface area contributed by atoms with Crippen LogP contribution in [0, 0.1) is 0 Å². The van der Waals surface area contributed by atoms with Gasteiger partial charge in [0.2, 0.25) is 0 Å². The molecule has 2 aliphatic heterocycles. The zero-order valence-corrected chi connectivity index (χ0v) is 11.2. The van der Waals surface area contributed by atoms with E-state index in [1.807, 2.05) is 0 Å². The zero-order chi connectivity index (χ0) is 12.4. The van der Waals surface area contributed by atoms with Gasteiger partial charge in [0.25, 0.3) is 0 Å². The van der Waals surface area contributed by atoms with Crippen LogP contribution in [0.25, 0.3) is 0 Å². The second kappa shape index (κ2) is 5.39. The van der Waals surface area contributed by atoms with Crippen LogP contribution in [0.3, 0.4) is 0 Å². The summed E-state index contributed by atoms with van der Waals surface area (Å²) in [5, 5.41) is 6.92. The maximum Gasteiger partial charge on any atom is 0.0470 e. The van der Waals surface area contributed by atoms with E-state index in [1.165, 1.54) is 24.1 Å². The molecule has 3 nitrogen and oxygen atoms in total. The normalized spacial score (nSPS) is 29.6. The van der Waals surface area contributed by atoms with Crippen molar-refractivity contribution >= 4 is 0 Å². The van der Waals surface area contributed by atoms with Gasteiger partial charge in [-0.05, 0) is 37.1 Å². The summed E-state index contributed by atoms with van der Waals surface area (Å²) in [6.45, 7) is 5.63. The Morgan fingerprint density at radius 3 is 2.39 bits per heavy atom. The van der Waals surface area contributed by atoms with Crippen molar-refractivity contribution in [2.24, 2.45) is 0 Å². The van der Waals surface area contributed by atoms with Crippen molar-refractivity contribution < 1.29 is 0 Å². The highest BCUT2D eigenvalue weighted by atomic mass is 15.2. The average molecular weight is 245 g/mol. The van der Waals surface area contributed by atoms with E-state index in [-0.39, 0.29) is 0 Å². The minimum absolute atomic E-state index is 0.537. The van der Waals surface area contributed by atoms with Crippen molar-refractivity contribution in [3.63, 3.8) is 0 Å². The molecule has 3 rings (SSSR count). The van der Waals surface area contributed by atoms with Crippen LogP contribution in [0.1, 0.15) is 29.5 Å². The molecule has 3 heteroatoms. The quantitative estimate of drug-likeness (QED) is 0.823. The average Bonchev–Trinajstić information content (AvgIpc) is 2.94. The molecule has 0 aromatic heterocycles. The number of benzene rings is 1. The lowest BCUT2D eigenvalue weighted by molar-refractivity contribution is 0.202. The van der Waals surface area contributed by atoms with E-state index in [1.54, 1.807) is 0 Å². The first-order valence-corrected chi connectivity index (χ1v) is 7.06. The first kappa shape index (κ1) is 12.2. The van der Waals surface area contributed by atoms with Gasteiger partial charge >= 0.3 is 0 Å². The highest BCUT2D eigenvalue weighted by Gasteiger charge is 2.21. The molecule has 0 spiro atoms. The summed E-state index contributed by atoms with van der Waals surface area (Å²) in [5.74, 6) is 0.723. The largest absolute Gasteiger partial charge is 0.316 e. The van der Waals surface area contributed by atoms with Gasteiger partial charge in [0.1, 0.15) is 0 Å².